The maximum atomic E-state index is 11.0. The van der Waals surface area contributed by atoms with E-state index in [9.17, 15) is 4.79 Å². The second-order valence-electron chi connectivity index (χ2n) is 2.27. The molecule has 5 heteroatoms. The van der Waals surface area contributed by atoms with Gasteiger partial charge in [0.05, 0.1) is 5.56 Å². The number of hydrogen-bond donors (Lipinski definition) is 3. The largest absolute Gasteiger partial charge is 0.310 e. The molecule has 0 bridgehead atoms. The van der Waals surface area contributed by atoms with Gasteiger partial charge >= 0.3 is 0 Å². The zero-order valence-electron chi connectivity index (χ0n) is 6.43. The Kier molecular flexibility index (Phi) is 1.91. The summed E-state index contributed by atoms with van der Waals surface area (Å²) in [6.07, 6.45) is 0. The number of aromatic amines is 1. The minimum Gasteiger partial charge on any atom is -0.310 e. The van der Waals surface area contributed by atoms with E-state index in [2.05, 4.69) is 15.4 Å². The second kappa shape index (κ2) is 2.71. The summed E-state index contributed by atoms with van der Waals surface area (Å²) in [7, 11) is 0. The maximum Gasteiger partial charge on any atom is 0.255 e. The van der Waals surface area contributed by atoms with Crippen LogP contribution in [0.4, 0.5) is 5.82 Å². The van der Waals surface area contributed by atoms with Gasteiger partial charge < -0.3 is 10.4 Å². The van der Waals surface area contributed by atoms with Crippen LogP contribution in [0.1, 0.15) is 11.4 Å². The van der Waals surface area contributed by atoms with Crippen molar-refractivity contribution < 1.29 is 0 Å². The van der Waals surface area contributed by atoms with Crippen LogP contribution in [-0.2, 0) is 0 Å². The Bertz CT molecular complexity index is 317. The third-order valence-electron chi connectivity index (χ3n) is 1.41. The number of hydrazine groups is 1. The zero-order chi connectivity index (χ0) is 8.43. The van der Waals surface area contributed by atoms with Crippen molar-refractivity contribution in [2.45, 2.75) is 13.8 Å². The lowest BCUT2D eigenvalue weighted by Gasteiger charge is -2.02. The van der Waals surface area contributed by atoms with Crippen molar-refractivity contribution in [3.05, 3.63) is 21.7 Å². The predicted molar refractivity (Wildman–Crippen MR) is 42.1 cm³/mol. The van der Waals surface area contributed by atoms with E-state index in [-0.39, 0.29) is 5.56 Å². The smallest absolute Gasteiger partial charge is 0.255 e. The molecule has 1 heterocycles. The van der Waals surface area contributed by atoms with Gasteiger partial charge in [0.25, 0.3) is 5.56 Å². The topological polar surface area (TPSA) is 83.8 Å². The quantitative estimate of drug-likeness (QED) is 0.382. The Balaban J connectivity index is 3.36. The molecule has 0 aliphatic carbocycles. The summed E-state index contributed by atoms with van der Waals surface area (Å²) in [5.41, 5.74) is 2.68. The molecule has 0 fully saturated rings. The van der Waals surface area contributed by atoms with Crippen LogP contribution in [0.3, 0.4) is 0 Å². The van der Waals surface area contributed by atoms with Crippen LogP contribution >= 0.6 is 0 Å². The number of nitrogens with two attached hydrogens (primary N) is 1. The molecule has 0 spiro atoms. The number of nitrogens with one attached hydrogen (secondary N) is 2. The van der Waals surface area contributed by atoms with Gasteiger partial charge in [0, 0.05) is 0 Å². The van der Waals surface area contributed by atoms with Gasteiger partial charge in [-0.1, -0.05) is 0 Å². The number of nitrogens with zero attached hydrogens (tertiary/aromatic N) is 1. The van der Waals surface area contributed by atoms with Crippen molar-refractivity contribution in [3.63, 3.8) is 0 Å². The average molecular weight is 154 g/mol. The summed E-state index contributed by atoms with van der Waals surface area (Å²) in [5.74, 6) is 6.10. The Morgan fingerprint density at radius 2 is 2.18 bits per heavy atom. The lowest BCUT2D eigenvalue weighted by atomic mass is 10.3. The van der Waals surface area contributed by atoms with Gasteiger partial charge in [0.2, 0.25) is 0 Å². The number of nitrogen functional groups attached to an aromatic ring is 1. The van der Waals surface area contributed by atoms with Gasteiger partial charge in [0.1, 0.15) is 11.6 Å². The first-order valence-electron chi connectivity index (χ1n) is 3.19. The fourth-order valence-electron chi connectivity index (χ4n) is 0.786. The maximum absolute atomic E-state index is 11.0. The standard InChI is InChI=1S/C6H10N4O/c1-3-5(10-7)8-4(2)9-6(3)11/h7H2,1-2H3,(H2,8,9,10,11). The summed E-state index contributed by atoms with van der Waals surface area (Å²) in [5, 5.41) is 0. The molecule has 11 heavy (non-hydrogen) atoms. The predicted octanol–water partition coefficient (Wildman–Crippen LogP) is -0.328. The first-order valence-corrected chi connectivity index (χ1v) is 3.19. The van der Waals surface area contributed by atoms with E-state index in [0.717, 1.165) is 0 Å². The zero-order valence-corrected chi connectivity index (χ0v) is 6.43. The normalized spacial score (nSPS) is 9.73. The van der Waals surface area contributed by atoms with E-state index in [1.54, 1.807) is 13.8 Å². The lowest BCUT2D eigenvalue weighted by molar-refractivity contribution is 0.987. The van der Waals surface area contributed by atoms with Crippen molar-refractivity contribution >= 4 is 5.82 Å². The highest BCUT2D eigenvalue weighted by Crippen LogP contribution is 2.02. The van der Waals surface area contributed by atoms with E-state index in [1.807, 2.05) is 0 Å². The monoisotopic (exact) mass is 154 g/mol. The van der Waals surface area contributed by atoms with Crippen LogP contribution < -0.4 is 16.8 Å². The fourth-order valence-corrected chi connectivity index (χ4v) is 0.786. The summed E-state index contributed by atoms with van der Waals surface area (Å²) in [6.45, 7) is 3.35. The van der Waals surface area contributed by atoms with Crippen LogP contribution in [0, 0.1) is 13.8 Å². The molecule has 0 saturated heterocycles. The number of aryl methyl sites for hydroxylation is 1. The molecule has 5 nitrogen and oxygen atoms in total. The first kappa shape index (κ1) is 7.74. The van der Waals surface area contributed by atoms with Crippen LogP contribution in [0.25, 0.3) is 0 Å². The summed E-state index contributed by atoms with van der Waals surface area (Å²) >= 11 is 0. The molecule has 0 aliphatic heterocycles. The number of hydrogen-bond acceptors (Lipinski definition) is 4. The number of aromatic nitrogens is 2. The van der Waals surface area contributed by atoms with E-state index in [4.69, 9.17) is 5.84 Å². The van der Waals surface area contributed by atoms with Crippen LogP contribution in [0.15, 0.2) is 4.79 Å². The van der Waals surface area contributed by atoms with Gasteiger partial charge in [-0.3, -0.25) is 4.79 Å². The Morgan fingerprint density at radius 3 is 2.73 bits per heavy atom. The minimum atomic E-state index is -0.162. The molecule has 0 aromatic carbocycles. The number of rotatable bonds is 1. The highest BCUT2D eigenvalue weighted by molar-refractivity contribution is 5.40. The molecule has 1 rings (SSSR count). The van der Waals surface area contributed by atoms with Gasteiger partial charge in [-0.05, 0) is 13.8 Å². The lowest BCUT2D eigenvalue weighted by Crippen LogP contribution is -2.19. The average Bonchev–Trinajstić information content (AvgIpc) is 1.96. The molecule has 0 radical (unpaired) electrons. The van der Waals surface area contributed by atoms with E-state index >= 15 is 0 Å². The molecular formula is C6H10N4O. The van der Waals surface area contributed by atoms with Gasteiger partial charge in [0.15, 0.2) is 0 Å². The van der Waals surface area contributed by atoms with E-state index in [0.29, 0.717) is 17.2 Å². The Hall–Kier alpha value is -1.36. The molecular weight excluding hydrogens is 144 g/mol. The van der Waals surface area contributed by atoms with Crippen LogP contribution in [0.2, 0.25) is 0 Å². The molecule has 4 N–H and O–H groups in total. The van der Waals surface area contributed by atoms with Crippen LogP contribution in [0.5, 0.6) is 0 Å². The molecule has 60 valence electrons. The fraction of sp³-hybridized carbons (Fsp3) is 0.333. The summed E-state index contributed by atoms with van der Waals surface area (Å²) < 4.78 is 0. The van der Waals surface area contributed by atoms with Crippen molar-refractivity contribution in [3.8, 4) is 0 Å². The second-order valence-corrected chi connectivity index (χ2v) is 2.27. The third-order valence-corrected chi connectivity index (χ3v) is 1.41. The summed E-state index contributed by atoms with van der Waals surface area (Å²) in [4.78, 5) is 17.5. The van der Waals surface area contributed by atoms with Crippen molar-refractivity contribution in [1.29, 1.82) is 0 Å². The molecule has 0 unspecified atom stereocenters. The SMILES string of the molecule is Cc1nc(NN)c(C)c(=O)[nH]1. The minimum absolute atomic E-state index is 0.162. The highest BCUT2D eigenvalue weighted by atomic mass is 16.1. The van der Waals surface area contributed by atoms with Crippen LogP contribution in [-0.4, -0.2) is 9.97 Å². The molecule has 0 atom stereocenters. The van der Waals surface area contributed by atoms with Gasteiger partial charge in [-0.2, -0.15) is 0 Å². The first-order chi connectivity index (χ1) is 5.15. The highest BCUT2D eigenvalue weighted by Gasteiger charge is 2.01. The van der Waals surface area contributed by atoms with E-state index in [1.165, 1.54) is 0 Å². The molecule has 0 aliphatic rings. The molecule has 0 saturated carbocycles. The number of H-pyrrole nitrogens is 1. The van der Waals surface area contributed by atoms with Crippen molar-refractivity contribution in [2.75, 3.05) is 5.43 Å². The van der Waals surface area contributed by atoms with Crippen molar-refractivity contribution in [1.82, 2.24) is 9.97 Å². The van der Waals surface area contributed by atoms with E-state index < -0.39 is 0 Å². The number of anilines is 1. The third kappa shape index (κ3) is 1.38. The summed E-state index contributed by atoms with van der Waals surface area (Å²) in [6, 6.07) is 0. The molecule has 1 aromatic heterocycles. The van der Waals surface area contributed by atoms with Crippen molar-refractivity contribution in [2.24, 2.45) is 5.84 Å². The van der Waals surface area contributed by atoms with Gasteiger partial charge in [-0.25, -0.2) is 10.8 Å². The molecule has 1 aromatic rings. The Morgan fingerprint density at radius 1 is 1.55 bits per heavy atom. The van der Waals surface area contributed by atoms with Gasteiger partial charge in [-0.15, -0.1) is 0 Å². The Labute approximate surface area is 63.6 Å². The molecule has 0 amide bonds.